The highest BCUT2D eigenvalue weighted by atomic mass is 32.2. The molecule has 0 radical (unpaired) electrons. The summed E-state index contributed by atoms with van der Waals surface area (Å²) in [5.74, 6) is 0. The Kier molecular flexibility index (Phi) is 3.99. The standard InChI is InChI=1S/C15H15N3O5S/c16-24(22,23)13-7-3-6-11(15(13)18(20)21)17-14-10-5-2-1-4-9(10)8-12(14)19/h1-7,12,14,17,19H,8H2,(H2,16,22,23)/t12-,14+/m0/s1. The lowest BCUT2D eigenvalue weighted by Crippen LogP contribution is -2.22. The monoisotopic (exact) mass is 349 g/mol. The van der Waals surface area contributed by atoms with E-state index in [4.69, 9.17) is 5.14 Å². The average Bonchev–Trinajstić information content (AvgIpc) is 2.82. The highest BCUT2D eigenvalue weighted by Gasteiger charge is 2.34. The van der Waals surface area contributed by atoms with Crippen molar-refractivity contribution < 1.29 is 18.4 Å². The number of primary sulfonamides is 1. The molecule has 0 aliphatic heterocycles. The summed E-state index contributed by atoms with van der Waals surface area (Å²) in [4.78, 5) is 10.0. The maximum atomic E-state index is 11.6. The van der Waals surface area contributed by atoms with E-state index in [2.05, 4.69) is 5.32 Å². The molecule has 0 amide bonds. The van der Waals surface area contributed by atoms with Crippen molar-refractivity contribution in [2.75, 3.05) is 5.32 Å². The Morgan fingerprint density at radius 2 is 1.92 bits per heavy atom. The average molecular weight is 349 g/mol. The highest BCUT2D eigenvalue weighted by molar-refractivity contribution is 7.89. The zero-order chi connectivity index (χ0) is 17.5. The Labute approximate surface area is 138 Å². The molecule has 0 heterocycles. The number of nitrogens with zero attached hydrogens (tertiary/aromatic N) is 1. The summed E-state index contributed by atoms with van der Waals surface area (Å²) in [6, 6.07) is 10.6. The van der Waals surface area contributed by atoms with Gasteiger partial charge in [0.05, 0.1) is 17.1 Å². The van der Waals surface area contributed by atoms with Crippen molar-refractivity contribution in [1.82, 2.24) is 0 Å². The maximum absolute atomic E-state index is 11.6. The Morgan fingerprint density at radius 1 is 1.21 bits per heavy atom. The molecule has 24 heavy (non-hydrogen) atoms. The van der Waals surface area contributed by atoms with Crippen LogP contribution in [0.2, 0.25) is 0 Å². The van der Waals surface area contributed by atoms with E-state index in [0.29, 0.717) is 6.42 Å². The Hall–Kier alpha value is -2.49. The van der Waals surface area contributed by atoms with E-state index in [1.165, 1.54) is 12.1 Å². The highest BCUT2D eigenvalue weighted by Crippen LogP contribution is 2.38. The third kappa shape index (κ3) is 2.84. The van der Waals surface area contributed by atoms with Crippen LogP contribution in [0.5, 0.6) is 0 Å². The van der Waals surface area contributed by atoms with Gasteiger partial charge in [-0.3, -0.25) is 10.1 Å². The predicted octanol–water partition coefficient (Wildman–Crippen LogP) is 1.31. The number of nitro groups is 1. The van der Waals surface area contributed by atoms with E-state index < -0.39 is 37.7 Å². The first-order valence-corrected chi connectivity index (χ1v) is 8.66. The third-order valence-corrected chi connectivity index (χ3v) is 4.95. The van der Waals surface area contributed by atoms with Crippen molar-refractivity contribution in [1.29, 1.82) is 0 Å². The quantitative estimate of drug-likeness (QED) is 0.562. The first-order valence-electron chi connectivity index (χ1n) is 7.11. The van der Waals surface area contributed by atoms with E-state index in [1.807, 2.05) is 18.2 Å². The maximum Gasteiger partial charge on any atom is 0.312 e. The lowest BCUT2D eigenvalue weighted by atomic mass is 10.1. The molecule has 2 aromatic rings. The molecule has 0 bridgehead atoms. The summed E-state index contributed by atoms with van der Waals surface area (Å²) in [5.41, 5.74) is 1.12. The van der Waals surface area contributed by atoms with Gasteiger partial charge in [0, 0.05) is 6.42 Å². The minimum absolute atomic E-state index is 0.00715. The minimum Gasteiger partial charge on any atom is -0.390 e. The summed E-state index contributed by atoms with van der Waals surface area (Å²) in [5, 5.41) is 29.6. The van der Waals surface area contributed by atoms with Crippen LogP contribution in [0, 0.1) is 10.1 Å². The number of fused-ring (bicyclic) bond motifs is 1. The van der Waals surface area contributed by atoms with Crippen LogP contribution >= 0.6 is 0 Å². The zero-order valence-electron chi connectivity index (χ0n) is 12.4. The summed E-state index contributed by atoms with van der Waals surface area (Å²) in [6.45, 7) is 0. The largest absolute Gasteiger partial charge is 0.390 e. The van der Waals surface area contributed by atoms with Gasteiger partial charge in [0.25, 0.3) is 0 Å². The SMILES string of the molecule is NS(=O)(=O)c1cccc(N[C@@H]2c3ccccc3C[C@@H]2O)c1[N+](=O)[O-]. The lowest BCUT2D eigenvalue weighted by Gasteiger charge is -2.19. The van der Waals surface area contributed by atoms with Gasteiger partial charge in [0.1, 0.15) is 5.69 Å². The summed E-state index contributed by atoms with van der Waals surface area (Å²) in [7, 11) is -4.25. The number of nitrogens with two attached hydrogens (primary N) is 1. The van der Waals surface area contributed by atoms with Crippen molar-refractivity contribution in [3.8, 4) is 0 Å². The number of anilines is 1. The van der Waals surface area contributed by atoms with Crippen molar-refractivity contribution >= 4 is 21.4 Å². The molecule has 0 fully saturated rings. The first-order chi connectivity index (χ1) is 11.3. The predicted molar refractivity (Wildman–Crippen MR) is 87.0 cm³/mol. The molecule has 0 unspecified atom stereocenters. The second kappa shape index (κ2) is 5.86. The summed E-state index contributed by atoms with van der Waals surface area (Å²) >= 11 is 0. The molecule has 0 aromatic heterocycles. The van der Waals surface area contributed by atoms with E-state index in [9.17, 15) is 23.6 Å². The molecule has 0 saturated heterocycles. The van der Waals surface area contributed by atoms with Crippen molar-refractivity contribution in [3.05, 3.63) is 63.7 Å². The molecule has 8 nitrogen and oxygen atoms in total. The molecule has 126 valence electrons. The molecular weight excluding hydrogens is 334 g/mol. The molecule has 1 aliphatic rings. The molecular formula is C15H15N3O5S. The normalized spacial score (nSPS) is 19.8. The van der Waals surface area contributed by atoms with Gasteiger partial charge >= 0.3 is 5.69 Å². The minimum atomic E-state index is -4.25. The lowest BCUT2D eigenvalue weighted by molar-refractivity contribution is -0.386. The fourth-order valence-corrected chi connectivity index (χ4v) is 3.69. The van der Waals surface area contributed by atoms with Gasteiger partial charge in [-0.05, 0) is 23.3 Å². The summed E-state index contributed by atoms with van der Waals surface area (Å²) < 4.78 is 23.2. The number of hydrogen-bond donors (Lipinski definition) is 3. The molecule has 0 spiro atoms. The topological polar surface area (TPSA) is 136 Å². The number of para-hydroxylation sites is 1. The van der Waals surface area contributed by atoms with Crippen LogP contribution in [0.1, 0.15) is 17.2 Å². The fourth-order valence-electron chi connectivity index (χ4n) is 2.97. The molecule has 1 aliphatic carbocycles. The van der Waals surface area contributed by atoms with Crippen molar-refractivity contribution in [2.24, 2.45) is 5.14 Å². The van der Waals surface area contributed by atoms with Crippen LogP contribution in [-0.2, 0) is 16.4 Å². The van der Waals surface area contributed by atoms with E-state index in [0.717, 1.165) is 17.2 Å². The molecule has 2 atom stereocenters. The summed E-state index contributed by atoms with van der Waals surface area (Å²) in [6.07, 6.45) is -0.364. The van der Waals surface area contributed by atoms with Gasteiger partial charge in [-0.15, -0.1) is 0 Å². The second-order valence-corrected chi connectivity index (χ2v) is 7.08. The van der Waals surface area contributed by atoms with Gasteiger partial charge in [0.15, 0.2) is 4.90 Å². The van der Waals surface area contributed by atoms with Crippen LogP contribution in [0.15, 0.2) is 47.4 Å². The van der Waals surface area contributed by atoms with Crippen LogP contribution in [0.3, 0.4) is 0 Å². The van der Waals surface area contributed by atoms with E-state index in [1.54, 1.807) is 6.07 Å². The number of benzene rings is 2. The Bertz CT molecular complexity index is 913. The number of nitro benzene ring substituents is 1. The smallest absolute Gasteiger partial charge is 0.312 e. The molecule has 0 saturated carbocycles. The van der Waals surface area contributed by atoms with Crippen LogP contribution < -0.4 is 10.5 Å². The van der Waals surface area contributed by atoms with E-state index >= 15 is 0 Å². The van der Waals surface area contributed by atoms with Gasteiger partial charge in [0.2, 0.25) is 10.0 Å². The van der Waals surface area contributed by atoms with Crippen molar-refractivity contribution in [2.45, 2.75) is 23.5 Å². The molecule has 3 rings (SSSR count). The number of sulfonamides is 1. The number of hydrogen-bond acceptors (Lipinski definition) is 6. The molecule has 9 heteroatoms. The van der Waals surface area contributed by atoms with Gasteiger partial charge in [-0.2, -0.15) is 0 Å². The van der Waals surface area contributed by atoms with E-state index in [-0.39, 0.29) is 5.69 Å². The van der Waals surface area contributed by atoms with Crippen LogP contribution in [-0.4, -0.2) is 24.6 Å². The number of nitrogens with one attached hydrogen (secondary N) is 1. The Balaban J connectivity index is 2.07. The van der Waals surface area contributed by atoms with Crippen molar-refractivity contribution in [3.63, 3.8) is 0 Å². The first kappa shape index (κ1) is 16.4. The molecule has 4 N–H and O–H groups in total. The van der Waals surface area contributed by atoms with Crippen LogP contribution in [0.25, 0.3) is 0 Å². The van der Waals surface area contributed by atoms with Gasteiger partial charge in [-0.1, -0.05) is 30.3 Å². The zero-order valence-corrected chi connectivity index (χ0v) is 13.2. The van der Waals surface area contributed by atoms with Gasteiger partial charge in [-0.25, -0.2) is 13.6 Å². The third-order valence-electron chi connectivity index (χ3n) is 4.00. The Morgan fingerprint density at radius 3 is 2.58 bits per heavy atom. The van der Waals surface area contributed by atoms with Crippen LogP contribution in [0.4, 0.5) is 11.4 Å². The molecule has 2 aromatic carbocycles. The fraction of sp³-hybridized carbons (Fsp3) is 0.200. The number of aliphatic hydroxyl groups excluding tert-OH is 1. The number of rotatable bonds is 4. The van der Waals surface area contributed by atoms with Gasteiger partial charge < -0.3 is 10.4 Å². The number of aliphatic hydroxyl groups is 1. The second-order valence-electron chi connectivity index (χ2n) is 5.55.